The van der Waals surface area contributed by atoms with Crippen molar-refractivity contribution >= 4 is 0 Å². The Morgan fingerprint density at radius 1 is 1.62 bits per heavy atom. The minimum Gasteiger partial charge on any atom is -0.380 e. The summed E-state index contributed by atoms with van der Waals surface area (Å²) in [7, 11) is 0. The zero-order valence-corrected chi connectivity index (χ0v) is 10.2. The molecule has 0 atom stereocenters. The predicted octanol–water partition coefficient (Wildman–Crippen LogP) is 1.50. The summed E-state index contributed by atoms with van der Waals surface area (Å²) >= 11 is 0. The number of nitrogens with zero attached hydrogens (tertiary/aromatic N) is 2. The fourth-order valence-electron chi connectivity index (χ4n) is 1.47. The first kappa shape index (κ1) is 12.9. The first-order valence-corrected chi connectivity index (χ1v) is 5.70. The highest BCUT2D eigenvalue weighted by atomic mass is 16.5. The number of aromatic nitrogens is 2. The fourth-order valence-corrected chi connectivity index (χ4v) is 1.47. The highest BCUT2D eigenvalue weighted by Crippen LogP contribution is 2.04. The van der Waals surface area contributed by atoms with Crippen LogP contribution in [0.5, 0.6) is 0 Å². The minimum absolute atomic E-state index is 0.760. The molecule has 0 saturated heterocycles. The van der Waals surface area contributed by atoms with Gasteiger partial charge >= 0.3 is 0 Å². The van der Waals surface area contributed by atoms with Crippen LogP contribution in [0.1, 0.15) is 18.2 Å². The van der Waals surface area contributed by atoms with Crippen LogP contribution in [0.4, 0.5) is 0 Å². The molecule has 16 heavy (non-hydrogen) atoms. The molecule has 0 aliphatic heterocycles. The van der Waals surface area contributed by atoms with Gasteiger partial charge in [0.1, 0.15) is 0 Å². The molecular weight excluding hydrogens is 202 g/mol. The summed E-state index contributed by atoms with van der Waals surface area (Å²) in [4.78, 5) is 0. The van der Waals surface area contributed by atoms with Crippen LogP contribution in [0.3, 0.4) is 0 Å². The van der Waals surface area contributed by atoms with Gasteiger partial charge < -0.3 is 10.1 Å². The highest BCUT2D eigenvalue weighted by Gasteiger charge is 2.02. The maximum absolute atomic E-state index is 5.25. The quantitative estimate of drug-likeness (QED) is 0.536. The van der Waals surface area contributed by atoms with E-state index in [-0.39, 0.29) is 0 Å². The fraction of sp³-hybridized carbons (Fsp3) is 0.583. The van der Waals surface area contributed by atoms with Gasteiger partial charge in [0.25, 0.3) is 0 Å². The van der Waals surface area contributed by atoms with Gasteiger partial charge in [0.15, 0.2) is 0 Å². The molecule has 0 bridgehead atoms. The molecule has 0 saturated carbocycles. The summed E-state index contributed by atoms with van der Waals surface area (Å²) in [6.07, 6.45) is 3.91. The number of allylic oxidation sites excluding steroid dienone is 1. The maximum Gasteiger partial charge on any atom is 0.0638 e. The third kappa shape index (κ3) is 4.16. The van der Waals surface area contributed by atoms with E-state index in [0.717, 1.165) is 38.5 Å². The van der Waals surface area contributed by atoms with Crippen molar-refractivity contribution in [1.82, 2.24) is 15.1 Å². The average Bonchev–Trinajstić information content (AvgIpc) is 2.60. The molecule has 4 nitrogen and oxygen atoms in total. The van der Waals surface area contributed by atoms with Crippen LogP contribution < -0.4 is 5.32 Å². The van der Waals surface area contributed by atoms with E-state index in [1.165, 1.54) is 5.56 Å². The molecule has 1 aromatic heterocycles. The Morgan fingerprint density at radius 3 is 3.12 bits per heavy atom. The van der Waals surface area contributed by atoms with Crippen molar-refractivity contribution < 1.29 is 4.74 Å². The van der Waals surface area contributed by atoms with Gasteiger partial charge in [0.05, 0.1) is 18.8 Å². The molecule has 0 amide bonds. The minimum atomic E-state index is 0.760. The average molecular weight is 223 g/mol. The second-order valence-electron chi connectivity index (χ2n) is 3.62. The van der Waals surface area contributed by atoms with Gasteiger partial charge in [-0.3, -0.25) is 4.68 Å². The predicted molar refractivity (Wildman–Crippen MR) is 65.4 cm³/mol. The van der Waals surface area contributed by atoms with E-state index in [2.05, 4.69) is 23.2 Å². The third-order valence-corrected chi connectivity index (χ3v) is 2.31. The zero-order chi connectivity index (χ0) is 11.8. The molecule has 0 aliphatic rings. The van der Waals surface area contributed by atoms with Gasteiger partial charge in [-0.25, -0.2) is 0 Å². The highest BCUT2D eigenvalue weighted by molar-refractivity contribution is 5.15. The summed E-state index contributed by atoms with van der Waals surface area (Å²) in [5.41, 5.74) is 2.31. The van der Waals surface area contributed by atoms with Gasteiger partial charge in [-0.15, -0.1) is 6.58 Å². The largest absolute Gasteiger partial charge is 0.380 e. The van der Waals surface area contributed by atoms with Crippen LogP contribution >= 0.6 is 0 Å². The standard InChI is InChI=1S/C12H21N3O/c1-4-7-15-10-12(11(3)14-15)9-13-6-8-16-5-2/h4,10,13H,1,5-9H2,2-3H3. The monoisotopic (exact) mass is 223 g/mol. The van der Waals surface area contributed by atoms with Crippen molar-refractivity contribution in [1.29, 1.82) is 0 Å². The number of ether oxygens (including phenoxy) is 1. The number of aryl methyl sites for hydroxylation is 1. The van der Waals surface area contributed by atoms with Crippen molar-refractivity contribution in [2.24, 2.45) is 0 Å². The van der Waals surface area contributed by atoms with Crippen LogP contribution in [-0.4, -0.2) is 29.5 Å². The SMILES string of the molecule is C=CCn1cc(CNCCOCC)c(C)n1. The summed E-state index contributed by atoms with van der Waals surface area (Å²) in [6, 6.07) is 0. The molecule has 0 aliphatic carbocycles. The first-order valence-electron chi connectivity index (χ1n) is 5.70. The normalized spacial score (nSPS) is 10.6. The van der Waals surface area contributed by atoms with E-state index in [9.17, 15) is 0 Å². The second-order valence-corrected chi connectivity index (χ2v) is 3.62. The molecule has 0 radical (unpaired) electrons. The van der Waals surface area contributed by atoms with Crippen LogP contribution in [0.15, 0.2) is 18.9 Å². The topological polar surface area (TPSA) is 39.1 Å². The van der Waals surface area contributed by atoms with E-state index in [1.54, 1.807) is 0 Å². The lowest BCUT2D eigenvalue weighted by molar-refractivity contribution is 0.149. The van der Waals surface area contributed by atoms with Crippen molar-refractivity contribution in [3.05, 3.63) is 30.1 Å². The van der Waals surface area contributed by atoms with Gasteiger partial charge in [0.2, 0.25) is 0 Å². The molecule has 0 fully saturated rings. The van der Waals surface area contributed by atoms with Crippen LogP contribution in [0.2, 0.25) is 0 Å². The van der Waals surface area contributed by atoms with Gasteiger partial charge in [-0.1, -0.05) is 6.08 Å². The molecule has 90 valence electrons. The lowest BCUT2D eigenvalue weighted by atomic mass is 10.2. The Balaban J connectivity index is 2.32. The summed E-state index contributed by atoms with van der Waals surface area (Å²) in [5.74, 6) is 0. The smallest absolute Gasteiger partial charge is 0.0638 e. The Labute approximate surface area is 97.3 Å². The summed E-state index contributed by atoms with van der Waals surface area (Å²) in [6.45, 7) is 11.7. The maximum atomic E-state index is 5.25. The Morgan fingerprint density at radius 2 is 2.44 bits per heavy atom. The van der Waals surface area contributed by atoms with Gasteiger partial charge in [0, 0.05) is 31.5 Å². The number of hydrogen-bond donors (Lipinski definition) is 1. The Bertz CT molecular complexity index is 320. The number of nitrogens with one attached hydrogen (secondary N) is 1. The van der Waals surface area contributed by atoms with Crippen LogP contribution in [0.25, 0.3) is 0 Å². The molecule has 1 aromatic rings. The van der Waals surface area contributed by atoms with Crippen LogP contribution in [0, 0.1) is 6.92 Å². The van der Waals surface area contributed by atoms with E-state index in [1.807, 2.05) is 24.6 Å². The van der Waals surface area contributed by atoms with Crippen molar-refractivity contribution in [2.45, 2.75) is 26.9 Å². The number of rotatable bonds is 8. The summed E-state index contributed by atoms with van der Waals surface area (Å²) in [5, 5.41) is 7.72. The van der Waals surface area contributed by atoms with Crippen molar-refractivity contribution in [2.75, 3.05) is 19.8 Å². The van der Waals surface area contributed by atoms with Gasteiger partial charge in [-0.05, 0) is 13.8 Å². The first-order chi connectivity index (χ1) is 7.77. The Hall–Kier alpha value is -1.13. The van der Waals surface area contributed by atoms with E-state index in [0.29, 0.717) is 0 Å². The third-order valence-electron chi connectivity index (χ3n) is 2.31. The lowest BCUT2D eigenvalue weighted by Crippen LogP contribution is -2.19. The van der Waals surface area contributed by atoms with E-state index < -0.39 is 0 Å². The molecular formula is C12H21N3O. The number of hydrogen-bond acceptors (Lipinski definition) is 3. The second kappa shape index (κ2) is 7.19. The van der Waals surface area contributed by atoms with Crippen molar-refractivity contribution in [3.63, 3.8) is 0 Å². The Kier molecular flexibility index (Phi) is 5.82. The molecule has 0 unspecified atom stereocenters. The molecule has 1 heterocycles. The molecule has 0 spiro atoms. The zero-order valence-electron chi connectivity index (χ0n) is 10.2. The van der Waals surface area contributed by atoms with Crippen LogP contribution in [-0.2, 0) is 17.8 Å². The van der Waals surface area contributed by atoms with Crippen molar-refractivity contribution in [3.8, 4) is 0 Å². The van der Waals surface area contributed by atoms with Gasteiger partial charge in [-0.2, -0.15) is 5.10 Å². The lowest BCUT2D eigenvalue weighted by Gasteiger charge is -2.03. The van der Waals surface area contributed by atoms with E-state index in [4.69, 9.17) is 4.74 Å². The molecule has 0 aromatic carbocycles. The molecule has 1 rings (SSSR count). The summed E-state index contributed by atoms with van der Waals surface area (Å²) < 4.78 is 7.15. The molecule has 4 heteroatoms. The van der Waals surface area contributed by atoms with E-state index >= 15 is 0 Å². The molecule has 1 N–H and O–H groups in total.